The Hall–Kier alpha value is -2.13. The van der Waals surface area contributed by atoms with Crippen molar-refractivity contribution >= 4 is 11.7 Å². The van der Waals surface area contributed by atoms with Gasteiger partial charge in [0.05, 0.1) is 11.6 Å². The second-order valence-electron chi connectivity index (χ2n) is 7.27. The molecule has 1 aromatic rings. The van der Waals surface area contributed by atoms with Crippen LogP contribution in [0.4, 0.5) is 5.82 Å². The largest absolute Gasteiger partial charge is 0.375 e. The van der Waals surface area contributed by atoms with Gasteiger partial charge in [0.1, 0.15) is 18.5 Å². The molecule has 3 rings (SSSR count). The van der Waals surface area contributed by atoms with Crippen molar-refractivity contribution in [2.24, 2.45) is 11.8 Å². The first kappa shape index (κ1) is 17.7. The third-order valence-corrected chi connectivity index (χ3v) is 5.60. The summed E-state index contributed by atoms with van der Waals surface area (Å²) in [6, 6.07) is 2.42. The Balaban J connectivity index is 1.87. The maximum atomic E-state index is 12.0. The van der Waals surface area contributed by atoms with Gasteiger partial charge in [-0.2, -0.15) is 5.26 Å². The summed E-state index contributed by atoms with van der Waals surface area (Å²) in [6.45, 7) is 7.59. The quantitative estimate of drug-likeness (QED) is 0.883. The Morgan fingerprint density at radius 2 is 2.04 bits per heavy atom. The van der Waals surface area contributed by atoms with E-state index >= 15 is 0 Å². The van der Waals surface area contributed by atoms with Crippen molar-refractivity contribution in [3.63, 3.8) is 0 Å². The first-order valence-corrected chi connectivity index (χ1v) is 8.87. The van der Waals surface area contributed by atoms with Crippen LogP contribution in [0.25, 0.3) is 0 Å². The van der Waals surface area contributed by atoms with E-state index in [1.807, 2.05) is 20.8 Å². The van der Waals surface area contributed by atoms with E-state index in [4.69, 9.17) is 9.72 Å². The summed E-state index contributed by atoms with van der Waals surface area (Å²) in [6.07, 6.45) is 2.44. The molecule has 134 valence electrons. The highest BCUT2D eigenvalue weighted by atomic mass is 16.5. The van der Waals surface area contributed by atoms with Crippen molar-refractivity contribution in [1.29, 1.82) is 5.26 Å². The monoisotopic (exact) mass is 342 g/mol. The van der Waals surface area contributed by atoms with Crippen molar-refractivity contribution < 1.29 is 9.53 Å². The summed E-state index contributed by atoms with van der Waals surface area (Å²) in [5.41, 5.74) is 3.69. The van der Waals surface area contributed by atoms with E-state index < -0.39 is 0 Å². The van der Waals surface area contributed by atoms with Crippen LogP contribution in [0.15, 0.2) is 0 Å². The smallest absolute Gasteiger partial charge is 0.246 e. The third-order valence-electron chi connectivity index (χ3n) is 5.60. The van der Waals surface area contributed by atoms with Crippen LogP contribution in [0.3, 0.4) is 0 Å². The van der Waals surface area contributed by atoms with Crippen LogP contribution in [-0.2, 0) is 9.53 Å². The average Bonchev–Trinajstić information content (AvgIpc) is 3.34. The Labute approximate surface area is 149 Å². The van der Waals surface area contributed by atoms with Crippen LogP contribution in [0.1, 0.15) is 35.2 Å². The summed E-state index contributed by atoms with van der Waals surface area (Å²) in [5, 5.41) is 12.8. The fraction of sp³-hybridized carbons (Fsp3) is 0.632. The number of carbonyl (C=O) groups is 1. The van der Waals surface area contributed by atoms with Crippen LogP contribution in [0, 0.1) is 43.9 Å². The summed E-state index contributed by atoms with van der Waals surface area (Å²) < 4.78 is 4.94. The molecule has 6 heteroatoms. The average molecular weight is 342 g/mol. The van der Waals surface area contributed by atoms with Gasteiger partial charge in [-0.3, -0.25) is 4.79 Å². The Kier molecular flexibility index (Phi) is 4.96. The summed E-state index contributed by atoms with van der Waals surface area (Å²) >= 11 is 0. The minimum atomic E-state index is -0.0790. The van der Waals surface area contributed by atoms with E-state index in [1.165, 1.54) is 20.0 Å². The standard InChI is InChI=1S/C19H26N4O2/c1-11-12(2)15(7-20)19(21-13(11)3)23-8-16(14-5-6-14)17(9-23)22-18(24)10-25-4/h14,16-17H,5-6,8-10H2,1-4H3,(H,22,24)/t16-,17+/m0/s1. The van der Waals surface area contributed by atoms with Crippen LogP contribution >= 0.6 is 0 Å². The highest BCUT2D eigenvalue weighted by molar-refractivity contribution is 5.77. The van der Waals surface area contributed by atoms with Gasteiger partial charge in [-0.15, -0.1) is 0 Å². The lowest BCUT2D eigenvalue weighted by Crippen LogP contribution is -2.42. The number of anilines is 1. The minimum Gasteiger partial charge on any atom is -0.375 e. The molecule has 0 spiro atoms. The maximum Gasteiger partial charge on any atom is 0.246 e. The SMILES string of the molecule is COCC(=O)N[C@@H]1CN(c2nc(C)c(C)c(C)c2C#N)C[C@H]1C1CC1. The molecule has 0 radical (unpaired) electrons. The molecule has 2 atom stereocenters. The molecule has 2 heterocycles. The topological polar surface area (TPSA) is 78.2 Å². The van der Waals surface area contributed by atoms with Crippen molar-refractivity contribution in [3.05, 3.63) is 22.4 Å². The van der Waals surface area contributed by atoms with E-state index in [0.717, 1.165) is 29.2 Å². The summed E-state index contributed by atoms with van der Waals surface area (Å²) in [5.74, 6) is 1.76. The second-order valence-corrected chi connectivity index (χ2v) is 7.27. The number of ether oxygens (including phenoxy) is 1. The molecule has 0 aromatic carbocycles. The number of hydrogen-bond donors (Lipinski definition) is 1. The fourth-order valence-corrected chi connectivity index (χ4v) is 3.82. The highest BCUT2D eigenvalue weighted by Gasteiger charge is 2.44. The molecule has 1 N–H and O–H groups in total. The van der Waals surface area contributed by atoms with Gasteiger partial charge in [-0.05, 0) is 50.7 Å². The molecule has 2 fully saturated rings. The van der Waals surface area contributed by atoms with Crippen molar-refractivity contribution in [3.8, 4) is 6.07 Å². The molecule has 1 aromatic heterocycles. The Morgan fingerprint density at radius 1 is 1.32 bits per heavy atom. The van der Waals surface area contributed by atoms with E-state index in [-0.39, 0.29) is 18.6 Å². The number of rotatable bonds is 5. The second kappa shape index (κ2) is 7.01. The van der Waals surface area contributed by atoms with Crippen LogP contribution < -0.4 is 10.2 Å². The molecule has 1 saturated carbocycles. The lowest BCUT2D eigenvalue weighted by molar-refractivity contribution is -0.125. The molecule has 25 heavy (non-hydrogen) atoms. The Morgan fingerprint density at radius 3 is 2.64 bits per heavy atom. The molecular formula is C19H26N4O2. The highest BCUT2D eigenvalue weighted by Crippen LogP contribution is 2.42. The molecule has 6 nitrogen and oxygen atoms in total. The molecule has 1 aliphatic heterocycles. The van der Waals surface area contributed by atoms with Gasteiger partial charge in [0.2, 0.25) is 5.91 Å². The Bertz CT molecular complexity index is 721. The van der Waals surface area contributed by atoms with Crippen molar-refractivity contribution in [1.82, 2.24) is 10.3 Å². The lowest BCUT2D eigenvalue weighted by atomic mass is 9.98. The molecule has 1 aliphatic carbocycles. The molecular weight excluding hydrogens is 316 g/mol. The van der Waals surface area contributed by atoms with E-state index in [2.05, 4.69) is 16.3 Å². The van der Waals surface area contributed by atoms with Gasteiger partial charge < -0.3 is 15.0 Å². The number of carbonyl (C=O) groups excluding carboxylic acids is 1. The van der Waals surface area contributed by atoms with Crippen molar-refractivity contribution in [2.75, 3.05) is 31.7 Å². The zero-order valence-electron chi connectivity index (χ0n) is 15.4. The van der Waals surface area contributed by atoms with E-state index in [0.29, 0.717) is 23.9 Å². The van der Waals surface area contributed by atoms with Gasteiger partial charge in [-0.1, -0.05) is 0 Å². The van der Waals surface area contributed by atoms with Crippen molar-refractivity contribution in [2.45, 2.75) is 39.7 Å². The van der Waals surface area contributed by atoms with Gasteiger partial charge >= 0.3 is 0 Å². The molecule has 1 saturated heterocycles. The predicted octanol–water partition coefficient (Wildman–Crippen LogP) is 1.86. The molecule has 0 unspecified atom stereocenters. The molecule has 1 amide bonds. The van der Waals surface area contributed by atoms with Crippen LogP contribution in [0.2, 0.25) is 0 Å². The van der Waals surface area contributed by atoms with Gasteiger partial charge in [-0.25, -0.2) is 4.98 Å². The van der Waals surface area contributed by atoms with Gasteiger partial charge in [0.25, 0.3) is 0 Å². The van der Waals surface area contributed by atoms with E-state index in [1.54, 1.807) is 0 Å². The number of amides is 1. The summed E-state index contributed by atoms with van der Waals surface area (Å²) in [7, 11) is 1.53. The first-order chi connectivity index (χ1) is 12.0. The number of methoxy groups -OCH3 is 1. The number of hydrogen-bond acceptors (Lipinski definition) is 5. The number of aryl methyl sites for hydroxylation is 1. The number of nitriles is 1. The fourth-order valence-electron chi connectivity index (χ4n) is 3.82. The maximum absolute atomic E-state index is 12.0. The zero-order valence-corrected chi connectivity index (χ0v) is 15.4. The number of nitrogens with zero attached hydrogens (tertiary/aromatic N) is 3. The van der Waals surface area contributed by atoms with Gasteiger partial charge in [0, 0.05) is 31.8 Å². The first-order valence-electron chi connectivity index (χ1n) is 8.87. The summed E-state index contributed by atoms with van der Waals surface area (Å²) in [4.78, 5) is 18.9. The van der Waals surface area contributed by atoms with Crippen LogP contribution in [-0.4, -0.2) is 43.7 Å². The number of aromatic nitrogens is 1. The number of pyridine rings is 1. The zero-order chi connectivity index (χ0) is 18.1. The molecule has 0 bridgehead atoms. The van der Waals surface area contributed by atoms with Gasteiger partial charge in [0.15, 0.2) is 0 Å². The van der Waals surface area contributed by atoms with E-state index in [9.17, 15) is 10.1 Å². The van der Waals surface area contributed by atoms with Crippen LogP contribution in [0.5, 0.6) is 0 Å². The third kappa shape index (κ3) is 3.47. The molecule has 2 aliphatic rings. The normalized spacial score (nSPS) is 22.8. The minimum absolute atomic E-state index is 0.0790. The number of nitrogens with one attached hydrogen (secondary N) is 1. The lowest BCUT2D eigenvalue weighted by Gasteiger charge is -2.21. The predicted molar refractivity (Wildman–Crippen MR) is 95.4 cm³/mol.